The lowest BCUT2D eigenvalue weighted by molar-refractivity contribution is -0.134. The average Bonchev–Trinajstić information content (AvgIpc) is 3.65. The minimum atomic E-state index is -3.60. The normalized spacial score (nSPS) is 33.7. The van der Waals surface area contributed by atoms with Gasteiger partial charge in [0.1, 0.15) is 17.9 Å². The van der Waals surface area contributed by atoms with Gasteiger partial charge >= 0.3 is 0 Å². The molecule has 6 aliphatic rings. The molecule has 0 unspecified atom stereocenters. The number of aromatic nitrogens is 3. The summed E-state index contributed by atoms with van der Waals surface area (Å²) in [6.45, 7) is 5.87. The summed E-state index contributed by atoms with van der Waals surface area (Å²) in [6, 6.07) is 10.9. The standard InChI is InChI=1S/C37H50N6O3S/c1-25(2)21-38-30-8-11-37(12-9-30,23-47(45,46)31-6-4-3-5-7-31)42-13-10-32(35(42)44)41-34-33-17-29(22-43(33)40-24-39-34)36-18-26-14-27(19-36)16-28(15-26)20-36/h3-7,17,22,24-28,30,32,38H,8-16,18-21,23H2,1-2H3,(H,39,40,41)/t26?,27?,28?,30?,32-,36?,37?/m0/s1. The SMILES string of the molecule is CC(C)CNC1CCC(CS(=O)(=O)c2ccccc2)(N2CC[C@H](Nc3ncnn4cc(C56CC7CC(CC(C7)C5)C6)cc34)C2=O)CC1. The minimum Gasteiger partial charge on any atom is -0.356 e. The fourth-order valence-corrected chi connectivity index (χ4v) is 12.5. The molecule has 6 fully saturated rings. The Kier molecular flexibility index (Phi) is 7.90. The number of nitrogens with one attached hydrogen (secondary N) is 2. The Morgan fingerprint density at radius 1 is 0.979 bits per heavy atom. The van der Waals surface area contributed by atoms with Crippen molar-refractivity contribution >= 4 is 27.1 Å². The van der Waals surface area contributed by atoms with Crippen LogP contribution < -0.4 is 10.6 Å². The van der Waals surface area contributed by atoms with Gasteiger partial charge in [-0.3, -0.25) is 4.79 Å². The Morgan fingerprint density at radius 3 is 2.32 bits per heavy atom. The number of likely N-dealkylation sites (tertiary alicyclic amines) is 1. The molecule has 0 spiro atoms. The molecule has 3 heterocycles. The molecule has 2 aromatic heterocycles. The van der Waals surface area contributed by atoms with Gasteiger partial charge in [0.2, 0.25) is 5.91 Å². The van der Waals surface area contributed by atoms with Crippen LogP contribution in [-0.2, 0) is 20.0 Å². The Balaban J connectivity index is 1.04. The van der Waals surface area contributed by atoms with E-state index in [0.29, 0.717) is 48.5 Å². The van der Waals surface area contributed by atoms with Gasteiger partial charge in [0.25, 0.3) is 0 Å². The van der Waals surface area contributed by atoms with Gasteiger partial charge in [-0.15, -0.1) is 0 Å². The van der Waals surface area contributed by atoms with Crippen LogP contribution in [0, 0.1) is 23.7 Å². The van der Waals surface area contributed by atoms with Crippen LogP contribution in [-0.4, -0.2) is 70.3 Å². The third-order valence-corrected chi connectivity index (χ3v) is 14.3. The van der Waals surface area contributed by atoms with Crippen molar-refractivity contribution in [3.05, 3.63) is 54.5 Å². The van der Waals surface area contributed by atoms with Crippen LogP contribution in [0.4, 0.5) is 5.82 Å². The van der Waals surface area contributed by atoms with E-state index in [1.54, 1.807) is 30.6 Å². The molecule has 4 bridgehead atoms. The lowest BCUT2D eigenvalue weighted by Gasteiger charge is -2.56. The summed E-state index contributed by atoms with van der Waals surface area (Å²) in [4.78, 5) is 21.2. The molecule has 3 aromatic rings. The Bertz CT molecular complexity index is 1690. The molecule has 2 N–H and O–H groups in total. The zero-order chi connectivity index (χ0) is 32.4. The highest BCUT2D eigenvalue weighted by molar-refractivity contribution is 7.91. The molecular weight excluding hydrogens is 609 g/mol. The van der Waals surface area contributed by atoms with Crippen LogP contribution in [0.5, 0.6) is 0 Å². The summed E-state index contributed by atoms with van der Waals surface area (Å²) < 4.78 is 29.6. The second kappa shape index (κ2) is 11.9. The highest BCUT2D eigenvalue weighted by Crippen LogP contribution is 2.61. The number of hydrogen-bond donors (Lipinski definition) is 2. The van der Waals surface area contributed by atoms with Gasteiger partial charge in [-0.1, -0.05) is 32.0 Å². The van der Waals surface area contributed by atoms with Crippen LogP contribution >= 0.6 is 0 Å². The lowest BCUT2D eigenvalue weighted by atomic mass is 9.48. The number of benzene rings is 1. The second-order valence-electron chi connectivity index (χ2n) is 16.2. The number of amides is 1. The van der Waals surface area contributed by atoms with E-state index in [0.717, 1.165) is 42.7 Å². The Morgan fingerprint density at radius 2 is 1.66 bits per heavy atom. The number of hydrogen-bond acceptors (Lipinski definition) is 7. The van der Waals surface area contributed by atoms with Crippen molar-refractivity contribution in [1.82, 2.24) is 24.8 Å². The van der Waals surface area contributed by atoms with Gasteiger partial charge in [0.05, 0.1) is 16.2 Å². The zero-order valence-corrected chi connectivity index (χ0v) is 28.7. The molecule has 0 radical (unpaired) electrons. The third-order valence-electron chi connectivity index (χ3n) is 12.4. The van der Waals surface area contributed by atoms with Gasteiger partial charge in [0, 0.05) is 18.8 Å². The molecule has 252 valence electrons. The maximum atomic E-state index is 14.3. The van der Waals surface area contributed by atoms with Gasteiger partial charge in [0.15, 0.2) is 15.7 Å². The number of nitrogens with zero attached hydrogens (tertiary/aromatic N) is 4. The van der Waals surface area contributed by atoms with Crippen molar-refractivity contribution in [3.63, 3.8) is 0 Å². The maximum Gasteiger partial charge on any atom is 0.245 e. The molecule has 1 saturated heterocycles. The quantitative estimate of drug-likeness (QED) is 0.292. The van der Waals surface area contributed by atoms with E-state index in [-0.39, 0.29) is 17.1 Å². The molecule has 1 amide bonds. The summed E-state index contributed by atoms with van der Waals surface area (Å²) in [6.07, 6.45) is 15.5. The molecule has 10 heteroatoms. The molecule has 1 atom stereocenters. The Hall–Kier alpha value is -2.98. The molecular formula is C37H50N6O3S. The van der Waals surface area contributed by atoms with Crippen LogP contribution in [0.15, 0.2) is 53.8 Å². The summed E-state index contributed by atoms with van der Waals surface area (Å²) >= 11 is 0. The predicted molar refractivity (Wildman–Crippen MR) is 183 cm³/mol. The molecule has 9 rings (SSSR count). The Labute approximate surface area is 279 Å². The van der Waals surface area contributed by atoms with Crippen LogP contribution in [0.25, 0.3) is 5.52 Å². The summed E-state index contributed by atoms with van der Waals surface area (Å²) in [7, 11) is -3.60. The summed E-state index contributed by atoms with van der Waals surface area (Å²) in [5.41, 5.74) is 1.81. The molecule has 9 nitrogen and oxygen atoms in total. The first-order valence-corrected chi connectivity index (χ1v) is 19.7. The van der Waals surface area contributed by atoms with Crippen LogP contribution in [0.1, 0.15) is 90.0 Å². The van der Waals surface area contributed by atoms with Gasteiger partial charge in [-0.05, 0) is 130 Å². The van der Waals surface area contributed by atoms with E-state index < -0.39 is 21.4 Å². The van der Waals surface area contributed by atoms with E-state index in [2.05, 4.69) is 46.8 Å². The lowest BCUT2D eigenvalue weighted by Crippen LogP contribution is -2.58. The predicted octanol–water partition coefficient (Wildman–Crippen LogP) is 5.61. The first-order valence-electron chi connectivity index (χ1n) is 18.0. The minimum absolute atomic E-state index is 0.0218. The summed E-state index contributed by atoms with van der Waals surface area (Å²) in [5, 5.41) is 11.8. The smallest absolute Gasteiger partial charge is 0.245 e. The first kappa shape index (κ1) is 31.3. The fraction of sp³-hybridized carbons (Fsp3) is 0.649. The van der Waals surface area contributed by atoms with Crippen molar-refractivity contribution in [2.24, 2.45) is 23.7 Å². The number of fused-ring (bicyclic) bond motifs is 1. The highest BCUT2D eigenvalue weighted by Gasteiger charge is 2.52. The van der Waals surface area contributed by atoms with E-state index in [9.17, 15) is 13.2 Å². The van der Waals surface area contributed by atoms with E-state index in [1.165, 1.54) is 44.1 Å². The van der Waals surface area contributed by atoms with Crippen LogP contribution in [0.2, 0.25) is 0 Å². The monoisotopic (exact) mass is 658 g/mol. The number of sulfone groups is 1. The van der Waals surface area contributed by atoms with E-state index >= 15 is 0 Å². The van der Waals surface area contributed by atoms with Crippen molar-refractivity contribution < 1.29 is 13.2 Å². The third kappa shape index (κ3) is 5.77. The van der Waals surface area contributed by atoms with E-state index in [1.807, 2.05) is 15.5 Å². The molecule has 5 saturated carbocycles. The average molecular weight is 659 g/mol. The topological polar surface area (TPSA) is 109 Å². The van der Waals surface area contributed by atoms with Crippen molar-refractivity contribution in [1.29, 1.82) is 0 Å². The largest absolute Gasteiger partial charge is 0.356 e. The highest BCUT2D eigenvalue weighted by atomic mass is 32.2. The van der Waals surface area contributed by atoms with Crippen LogP contribution in [0.3, 0.4) is 0 Å². The fourth-order valence-electron chi connectivity index (χ4n) is 10.6. The van der Waals surface area contributed by atoms with Gasteiger partial charge in [-0.2, -0.15) is 5.10 Å². The number of anilines is 1. The second-order valence-corrected chi connectivity index (χ2v) is 18.2. The molecule has 5 aliphatic carbocycles. The first-order chi connectivity index (χ1) is 22.6. The number of rotatable bonds is 10. The van der Waals surface area contributed by atoms with Crippen molar-refractivity contribution in [2.75, 3.05) is 24.2 Å². The zero-order valence-electron chi connectivity index (χ0n) is 27.9. The van der Waals surface area contributed by atoms with Gasteiger partial charge in [-0.25, -0.2) is 17.9 Å². The van der Waals surface area contributed by atoms with E-state index in [4.69, 9.17) is 0 Å². The molecule has 1 aromatic carbocycles. The van der Waals surface area contributed by atoms with Crippen molar-refractivity contribution in [3.8, 4) is 0 Å². The van der Waals surface area contributed by atoms with Crippen molar-refractivity contribution in [2.45, 2.75) is 112 Å². The number of carbonyl (C=O) groups is 1. The maximum absolute atomic E-state index is 14.3. The summed E-state index contributed by atoms with van der Waals surface area (Å²) in [5.74, 6) is 3.72. The molecule has 47 heavy (non-hydrogen) atoms. The van der Waals surface area contributed by atoms with Gasteiger partial charge < -0.3 is 15.5 Å². The number of carbonyl (C=O) groups excluding carboxylic acids is 1. The molecule has 1 aliphatic heterocycles.